The van der Waals surface area contributed by atoms with Crippen LogP contribution in [0.15, 0.2) is 18.2 Å². The Morgan fingerprint density at radius 1 is 1.28 bits per heavy atom. The lowest BCUT2D eigenvalue weighted by Gasteiger charge is -2.23. The third kappa shape index (κ3) is 2.70. The van der Waals surface area contributed by atoms with E-state index in [0.717, 1.165) is 21.8 Å². The van der Waals surface area contributed by atoms with Gasteiger partial charge in [-0.3, -0.25) is 5.10 Å². The quantitative estimate of drug-likeness (QED) is 0.868. The Labute approximate surface area is 117 Å². The van der Waals surface area contributed by atoms with Crippen molar-refractivity contribution in [3.63, 3.8) is 0 Å². The molecule has 2 nitrogen and oxygen atoms in total. The topological polar surface area (TPSA) is 28.7 Å². The van der Waals surface area contributed by atoms with Crippen molar-refractivity contribution in [1.29, 1.82) is 0 Å². The van der Waals surface area contributed by atoms with Gasteiger partial charge in [0.2, 0.25) is 0 Å². The van der Waals surface area contributed by atoms with Crippen molar-refractivity contribution < 1.29 is 0 Å². The van der Waals surface area contributed by atoms with Gasteiger partial charge < -0.3 is 0 Å². The number of hydrogen-bond acceptors (Lipinski definition) is 1. The highest BCUT2D eigenvalue weighted by Gasteiger charge is 2.22. The highest BCUT2D eigenvalue weighted by Crippen LogP contribution is 2.37. The van der Waals surface area contributed by atoms with E-state index in [1.165, 1.54) is 0 Å². The van der Waals surface area contributed by atoms with E-state index in [1.54, 1.807) is 0 Å². The molecule has 1 aromatic heterocycles. The molecule has 1 N–H and O–H groups in total. The third-order valence-electron chi connectivity index (χ3n) is 2.80. The fourth-order valence-corrected chi connectivity index (χ4v) is 2.96. The van der Waals surface area contributed by atoms with Gasteiger partial charge in [0.1, 0.15) is 0 Å². The molecule has 4 heteroatoms. The van der Waals surface area contributed by atoms with Gasteiger partial charge in [-0.15, -0.1) is 0 Å². The second-order valence-electron chi connectivity index (χ2n) is 5.33. The summed E-state index contributed by atoms with van der Waals surface area (Å²) in [5.41, 5.74) is 2.86. The zero-order valence-corrected chi connectivity index (χ0v) is 12.2. The zero-order chi connectivity index (χ0) is 13.3. The molecule has 0 fully saturated rings. The van der Waals surface area contributed by atoms with Gasteiger partial charge in [0.05, 0.1) is 11.9 Å². The Morgan fingerprint density at radius 3 is 2.56 bits per heavy atom. The van der Waals surface area contributed by atoms with Gasteiger partial charge in [-0.2, -0.15) is 5.10 Å². The summed E-state index contributed by atoms with van der Waals surface area (Å²) in [6.07, 6.45) is 3.50. The molecule has 1 aromatic carbocycles. The summed E-state index contributed by atoms with van der Waals surface area (Å²) < 4.78 is 0. The predicted molar refractivity (Wildman–Crippen MR) is 75.4 cm³/mol. The highest BCUT2D eigenvalue weighted by molar-refractivity contribution is 6.36. The highest BCUT2D eigenvalue weighted by atomic mass is 35.5. The molecule has 0 saturated carbocycles. The van der Waals surface area contributed by atoms with Crippen molar-refractivity contribution in [2.24, 2.45) is 0 Å². The molecule has 0 aliphatic rings. The van der Waals surface area contributed by atoms with E-state index in [9.17, 15) is 0 Å². The molecular formula is C14H15Cl2N2. The van der Waals surface area contributed by atoms with E-state index in [-0.39, 0.29) is 5.41 Å². The molecule has 1 radical (unpaired) electrons. The number of benzene rings is 1. The zero-order valence-electron chi connectivity index (χ0n) is 10.6. The minimum atomic E-state index is -0.0815. The van der Waals surface area contributed by atoms with Crippen molar-refractivity contribution in [1.82, 2.24) is 10.2 Å². The fraction of sp³-hybridized carbons (Fsp3) is 0.357. The Balaban J connectivity index is 2.45. The first-order valence-electron chi connectivity index (χ1n) is 5.77. The molecule has 1 heterocycles. The second-order valence-corrected chi connectivity index (χ2v) is 6.11. The Hall–Kier alpha value is -0.990. The number of nitrogens with zero attached hydrogens (tertiary/aromatic N) is 1. The van der Waals surface area contributed by atoms with E-state index in [4.69, 9.17) is 23.2 Å². The molecule has 0 unspecified atom stereocenters. The van der Waals surface area contributed by atoms with Gasteiger partial charge in [-0.05, 0) is 28.7 Å². The van der Waals surface area contributed by atoms with Crippen LogP contribution in [-0.2, 0) is 11.8 Å². The number of hydrogen-bond donors (Lipinski definition) is 1. The van der Waals surface area contributed by atoms with Crippen molar-refractivity contribution in [2.45, 2.75) is 32.6 Å². The first-order valence-corrected chi connectivity index (χ1v) is 6.53. The summed E-state index contributed by atoms with van der Waals surface area (Å²) in [6, 6.07) is 5.68. The normalized spacial score (nSPS) is 11.8. The van der Waals surface area contributed by atoms with E-state index in [2.05, 4.69) is 37.2 Å². The summed E-state index contributed by atoms with van der Waals surface area (Å²) in [5, 5.41) is 8.22. The largest absolute Gasteiger partial charge is 0.276 e. The van der Waals surface area contributed by atoms with Crippen LogP contribution in [0.3, 0.4) is 0 Å². The van der Waals surface area contributed by atoms with E-state index < -0.39 is 0 Å². The third-order valence-corrected chi connectivity index (χ3v) is 3.54. The summed E-state index contributed by atoms with van der Waals surface area (Å²) >= 11 is 12.7. The fourth-order valence-electron chi connectivity index (χ4n) is 1.96. The number of aromatic nitrogens is 2. The smallest absolute Gasteiger partial charge is 0.0831 e. The number of aromatic amines is 1. The molecule has 0 saturated heterocycles. The van der Waals surface area contributed by atoms with Crippen LogP contribution in [0.4, 0.5) is 0 Å². The minimum absolute atomic E-state index is 0.0815. The Morgan fingerprint density at radius 2 is 2.00 bits per heavy atom. The Bertz CT molecular complexity index is 540. The summed E-state index contributed by atoms with van der Waals surface area (Å²) in [7, 11) is 0. The lowest BCUT2D eigenvalue weighted by Crippen LogP contribution is -2.13. The monoisotopic (exact) mass is 281 g/mol. The van der Waals surface area contributed by atoms with Gasteiger partial charge in [-0.25, -0.2) is 0 Å². The minimum Gasteiger partial charge on any atom is -0.276 e. The molecular weight excluding hydrogens is 267 g/mol. The molecule has 0 atom stereocenters. The van der Waals surface area contributed by atoms with Gasteiger partial charge in [0.25, 0.3) is 0 Å². The van der Waals surface area contributed by atoms with Crippen LogP contribution >= 0.6 is 23.2 Å². The van der Waals surface area contributed by atoms with Crippen LogP contribution in [0.25, 0.3) is 0 Å². The predicted octanol–water partition coefficient (Wildman–Crippen LogP) is 4.40. The van der Waals surface area contributed by atoms with Gasteiger partial charge in [0.15, 0.2) is 0 Å². The molecule has 0 aliphatic heterocycles. The van der Waals surface area contributed by atoms with Crippen molar-refractivity contribution >= 4 is 23.2 Å². The number of H-pyrrole nitrogens is 1. The first kappa shape index (κ1) is 13.4. The molecule has 0 bridgehead atoms. The van der Waals surface area contributed by atoms with Crippen LogP contribution in [0.2, 0.25) is 10.0 Å². The Kier molecular flexibility index (Phi) is 3.69. The van der Waals surface area contributed by atoms with Crippen LogP contribution in [0, 0.1) is 6.20 Å². The van der Waals surface area contributed by atoms with Crippen LogP contribution < -0.4 is 0 Å². The molecule has 18 heavy (non-hydrogen) atoms. The maximum atomic E-state index is 6.48. The summed E-state index contributed by atoms with van der Waals surface area (Å²) in [4.78, 5) is 0. The van der Waals surface area contributed by atoms with Crippen LogP contribution in [-0.4, -0.2) is 10.2 Å². The van der Waals surface area contributed by atoms with Crippen molar-refractivity contribution in [3.05, 3.63) is 51.3 Å². The lowest BCUT2D eigenvalue weighted by molar-refractivity contribution is 0.590. The average Bonchev–Trinajstić information content (AvgIpc) is 2.73. The van der Waals surface area contributed by atoms with Crippen LogP contribution in [0.5, 0.6) is 0 Å². The van der Waals surface area contributed by atoms with Gasteiger partial charge in [-0.1, -0.05) is 50.0 Å². The second kappa shape index (κ2) is 4.94. The SMILES string of the molecule is CC(C)(C)c1c(Cl)ccc(Cc2c[c][nH]n2)c1Cl. The maximum Gasteiger partial charge on any atom is 0.0831 e. The summed E-state index contributed by atoms with van der Waals surface area (Å²) in [5.74, 6) is 0. The molecule has 2 aromatic rings. The van der Waals surface area contributed by atoms with Crippen molar-refractivity contribution in [3.8, 4) is 0 Å². The number of nitrogens with one attached hydrogen (secondary N) is 1. The standard InChI is InChI=1S/C14H15Cl2N2/c1-14(2,3)12-11(15)5-4-9(13(12)16)8-10-6-7-17-18-10/h4-6H,8H2,1-3H3,(H,17,18). The van der Waals surface area contributed by atoms with E-state index in [0.29, 0.717) is 11.4 Å². The molecule has 0 amide bonds. The number of halogens is 2. The van der Waals surface area contributed by atoms with Crippen molar-refractivity contribution in [2.75, 3.05) is 0 Å². The van der Waals surface area contributed by atoms with E-state index in [1.807, 2.05) is 18.2 Å². The van der Waals surface area contributed by atoms with Gasteiger partial charge in [0, 0.05) is 16.5 Å². The number of rotatable bonds is 2. The summed E-state index contributed by atoms with van der Waals surface area (Å²) in [6.45, 7) is 6.31. The van der Waals surface area contributed by atoms with Gasteiger partial charge >= 0.3 is 0 Å². The molecule has 0 aliphatic carbocycles. The van der Waals surface area contributed by atoms with E-state index >= 15 is 0 Å². The molecule has 2 rings (SSSR count). The van der Waals surface area contributed by atoms with Crippen LogP contribution in [0.1, 0.15) is 37.6 Å². The average molecular weight is 282 g/mol. The lowest BCUT2D eigenvalue weighted by atomic mass is 9.85. The molecule has 95 valence electrons. The first-order chi connectivity index (χ1) is 8.39. The molecule has 0 spiro atoms. The maximum absolute atomic E-state index is 6.48.